The van der Waals surface area contributed by atoms with Crippen LogP contribution in [0.2, 0.25) is 0 Å². The van der Waals surface area contributed by atoms with Crippen molar-refractivity contribution in [3.8, 4) is 0 Å². The number of β-amino-alcohol motifs (C(OH)–C–C–N with tert-alkyl or cyclic N) is 1. The Morgan fingerprint density at radius 2 is 2.00 bits per heavy atom. The lowest BCUT2D eigenvalue weighted by molar-refractivity contribution is -0.128. The maximum absolute atomic E-state index is 12.2. The highest BCUT2D eigenvalue weighted by Crippen LogP contribution is 2.33. The number of hydrogen-bond donors (Lipinski definition) is 1. The smallest absolute Gasteiger partial charge is 0.246 e. The highest BCUT2D eigenvalue weighted by Gasteiger charge is 2.30. The fourth-order valence-electron chi connectivity index (χ4n) is 2.98. The molecule has 0 aliphatic carbocycles. The number of carbonyl (C=O) groups is 1. The van der Waals surface area contributed by atoms with E-state index in [-0.39, 0.29) is 17.4 Å². The molecular weight excluding hydrogens is 252 g/mol. The standard InChI is InChI=1S/C16H28N2O2/c1-16(2,3)13-6-4-9-18(10-13)15(20)7-5-8-17-11-14(19)12-17/h5,7,13-14,19H,4,6,8-12H2,1-3H3/b7-5+. The van der Waals surface area contributed by atoms with Crippen molar-refractivity contribution in [2.75, 3.05) is 32.7 Å². The van der Waals surface area contributed by atoms with Gasteiger partial charge < -0.3 is 10.0 Å². The SMILES string of the molecule is CC(C)(C)C1CCCN(C(=O)/C=C/CN2CC(O)C2)C1. The Kier molecular flexibility index (Phi) is 4.86. The van der Waals surface area contributed by atoms with E-state index in [2.05, 4.69) is 25.7 Å². The maximum atomic E-state index is 12.2. The van der Waals surface area contributed by atoms with Crippen LogP contribution in [0.15, 0.2) is 12.2 Å². The molecular formula is C16H28N2O2. The molecule has 2 heterocycles. The number of piperidine rings is 1. The number of likely N-dealkylation sites (tertiary alicyclic amines) is 2. The molecule has 0 aromatic heterocycles. The van der Waals surface area contributed by atoms with Crippen LogP contribution < -0.4 is 0 Å². The molecule has 1 N–H and O–H groups in total. The average Bonchev–Trinajstić information content (AvgIpc) is 2.35. The van der Waals surface area contributed by atoms with E-state index < -0.39 is 0 Å². The molecule has 0 aromatic carbocycles. The number of aliphatic hydroxyl groups is 1. The molecule has 2 saturated heterocycles. The molecule has 2 fully saturated rings. The summed E-state index contributed by atoms with van der Waals surface area (Å²) in [5, 5.41) is 9.20. The van der Waals surface area contributed by atoms with Gasteiger partial charge in [0.2, 0.25) is 5.91 Å². The summed E-state index contributed by atoms with van der Waals surface area (Å²) in [4.78, 5) is 16.3. The molecule has 1 unspecified atom stereocenters. The van der Waals surface area contributed by atoms with Gasteiger partial charge in [0, 0.05) is 38.8 Å². The summed E-state index contributed by atoms with van der Waals surface area (Å²) in [6.45, 7) is 10.8. The highest BCUT2D eigenvalue weighted by atomic mass is 16.3. The average molecular weight is 280 g/mol. The van der Waals surface area contributed by atoms with Gasteiger partial charge in [0.15, 0.2) is 0 Å². The summed E-state index contributed by atoms with van der Waals surface area (Å²) >= 11 is 0. The van der Waals surface area contributed by atoms with Crippen LogP contribution in [-0.4, -0.2) is 59.6 Å². The fourth-order valence-corrected chi connectivity index (χ4v) is 2.98. The zero-order valence-electron chi connectivity index (χ0n) is 13.0. The Balaban J connectivity index is 1.78. The fraction of sp³-hybridized carbons (Fsp3) is 0.812. The van der Waals surface area contributed by atoms with Gasteiger partial charge in [-0.15, -0.1) is 0 Å². The van der Waals surface area contributed by atoms with Gasteiger partial charge in [0.05, 0.1) is 6.10 Å². The van der Waals surface area contributed by atoms with Gasteiger partial charge >= 0.3 is 0 Å². The normalized spacial score (nSPS) is 26.0. The van der Waals surface area contributed by atoms with Gasteiger partial charge in [-0.3, -0.25) is 9.69 Å². The van der Waals surface area contributed by atoms with E-state index in [0.717, 1.165) is 39.1 Å². The summed E-state index contributed by atoms with van der Waals surface area (Å²) in [7, 11) is 0. The van der Waals surface area contributed by atoms with Crippen molar-refractivity contribution in [3.05, 3.63) is 12.2 Å². The van der Waals surface area contributed by atoms with Gasteiger partial charge in [0.1, 0.15) is 0 Å². The van der Waals surface area contributed by atoms with E-state index in [0.29, 0.717) is 5.92 Å². The lowest BCUT2D eigenvalue weighted by Gasteiger charge is -2.39. The summed E-state index contributed by atoms with van der Waals surface area (Å²) in [5.41, 5.74) is 0.274. The Hall–Kier alpha value is -0.870. The highest BCUT2D eigenvalue weighted by molar-refractivity contribution is 5.87. The summed E-state index contributed by atoms with van der Waals surface area (Å²) in [6, 6.07) is 0. The topological polar surface area (TPSA) is 43.8 Å². The summed E-state index contributed by atoms with van der Waals surface area (Å²) in [6.07, 6.45) is 5.79. The molecule has 0 aromatic rings. The number of nitrogens with zero attached hydrogens (tertiary/aromatic N) is 2. The first-order chi connectivity index (χ1) is 9.36. The van der Waals surface area contributed by atoms with E-state index in [9.17, 15) is 9.90 Å². The number of carbonyl (C=O) groups excluding carboxylic acids is 1. The molecule has 1 atom stereocenters. The summed E-state index contributed by atoms with van der Waals surface area (Å²) < 4.78 is 0. The zero-order chi connectivity index (χ0) is 14.8. The van der Waals surface area contributed by atoms with Crippen molar-refractivity contribution < 1.29 is 9.90 Å². The van der Waals surface area contributed by atoms with Gasteiger partial charge in [-0.25, -0.2) is 0 Å². The molecule has 0 radical (unpaired) electrons. The van der Waals surface area contributed by atoms with Crippen LogP contribution in [0, 0.1) is 11.3 Å². The quantitative estimate of drug-likeness (QED) is 0.797. The minimum atomic E-state index is -0.172. The second kappa shape index (κ2) is 6.27. The van der Waals surface area contributed by atoms with Crippen molar-refractivity contribution in [2.24, 2.45) is 11.3 Å². The monoisotopic (exact) mass is 280 g/mol. The predicted molar refractivity (Wildman–Crippen MR) is 80.3 cm³/mol. The zero-order valence-corrected chi connectivity index (χ0v) is 13.0. The maximum Gasteiger partial charge on any atom is 0.246 e. The lowest BCUT2D eigenvalue weighted by Crippen LogP contribution is -2.50. The van der Waals surface area contributed by atoms with Gasteiger partial charge in [-0.05, 0) is 24.2 Å². The van der Waals surface area contributed by atoms with Crippen LogP contribution in [0.5, 0.6) is 0 Å². The Morgan fingerprint density at radius 1 is 1.30 bits per heavy atom. The van der Waals surface area contributed by atoms with Crippen LogP contribution in [0.25, 0.3) is 0 Å². The third-order valence-electron chi connectivity index (χ3n) is 4.52. The van der Waals surface area contributed by atoms with Crippen LogP contribution in [0.1, 0.15) is 33.6 Å². The third kappa shape index (κ3) is 4.06. The molecule has 0 spiro atoms. The Labute approximate surface area is 122 Å². The van der Waals surface area contributed by atoms with Crippen LogP contribution in [-0.2, 0) is 4.79 Å². The predicted octanol–water partition coefficient (Wildman–Crippen LogP) is 1.50. The van der Waals surface area contributed by atoms with E-state index in [4.69, 9.17) is 0 Å². The second-order valence-electron chi connectivity index (χ2n) is 7.26. The first-order valence-corrected chi connectivity index (χ1v) is 7.72. The Bertz CT molecular complexity index is 367. The van der Waals surface area contributed by atoms with E-state index in [1.54, 1.807) is 6.08 Å². The van der Waals surface area contributed by atoms with Crippen molar-refractivity contribution in [3.63, 3.8) is 0 Å². The third-order valence-corrected chi connectivity index (χ3v) is 4.52. The van der Waals surface area contributed by atoms with Crippen molar-refractivity contribution >= 4 is 5.91 Å². The van der Waals surface area contributed by atoms with Crippen molar-refractivity contribution in [2.45, 2.75) is 39.7 Å². The number of aliphatic hydroxyl groups excluding tert-OH is 1. The van der Waals surface area contributed by atoms with E-state index in [1.165, 1.54) is 6.42 Å². The molecule has 1 amide bonds. The van der Waals surface area contributed by atoms with Crippen LogP contribution in [0.3, 0.4) is 0 Å². The first-order valence-electron chi connectivity index (χ1n) is 7.72. The van der Waals surface area contributed by atoms with E-state index >= 15 is 0 Å². The minimum Gasteiger partial charge on any atom is -0.390 e. The van der Waals surface area contributed by atoms with E-state index in [1.807, 2.05) is 11.0 Å². The van der Waals surface area contributed by atoms with Crippen molar-refractivity contribution in [1.29, 1.82) is 0 Å². The van der Waals surface area contributed by atoms with Crippen LogP contribution >= 0.6 is 0 Å². The largest absolute Gasteiger partial charge is 0.390 e. The minimum absolute atomic E-state index is 0.139. The number of amides is 1. The molecule has 114 valence electrons. The van der Waals surface area contributed by atoms with Gasteiger partial charge in [-0.2, -0.15) is 0 Å². The molecule has 4 nitrogen and oxygen atoms in total. The molecule has 0 bridgehead atoms. The second-order valence-corrected chi connectivity index (χ2v) is 7.26. The Morgan fingerprint density at radius 3 is 2.60 bits per heavy atom. The van der Waals surface area contributed by atoms with Gasteiger partial charge in [-0.1, -0.05) is 26.8 Å². The molecule has 2 rings (SSSR count). The van der Waals surface area contributed by atoms with Gasteiger partial charge in [0.25, 0.3) is 0 Å². The molecule has 4 heteroatoms. The molecule has 2 aliphatic heterocycles. The molecule has 0 saturated carbocycles. The van der Waals surface area contributed by atoms with Crippen molar-refractivity contribution in [1.82, 2.24) is 9.80 Å². The first kappa shape index (κ1) is 15.5. The summed E-state index contributed by atoms with van der Waals surface area (Å²) in [5.74, 6) is 0.735. The molecule has 20 heavy (non-hydrogen) atoms. The van der Waals surface area contributed by atoms with Crippen LogP contribution in [0.4, 0.5) is 0 Å². The number of rotatable bonds is 3. The molecule has 2 aliphatic rings. The lowest BCUT2D eigenvalue weighted by atomic mass is 9.76. The number of hydrogen-bond acceptors (Lipinski definition) is 3.